The number of ether oxygens (including phenoxy) is 1. The third-order valence-electron chi connectivity index (χ3n) is 4.30. The monoisotopic (exact) mass is 422 g/mol. The molecule has 0 radical (unpaired) electrons. The van der Waals surface area contributed by atoms with Crippen molar-refractivity contribution in [1.82, 2.24) is 0 Å². The van der Waals surface area contributed by atoms with Gasteiger partial charge in [0.25, 0.3) is 0 Å². The number of carbonyl (C=O) groups is 2. The number of benzene rings is 2. The van der Waals surface area contributed by atoms with Crippen LogP contribution in [0.3, 0.4) is 0 Å². The molecular formula is C20H22O10. The summed E-state index contributed by atoms with van der Waals surface area (Å²) in [7, 11) is 0. The van der Waals surface area contributed by atoms with E-state index < -0.39 is 43.0 Å². The van der Waals surface area contributed by atoms with Gasteiger partial charge in [-0.25, -0.2) is 9.59 Å². The Balaban J connectivity index is 2.18. The van der Waals surface area contributed by atoms with Gasteiger partial charge >= 0.3 is 11.9 Å². The third kappa shape index (κ3) is 5.99. The van der Waals surface area contributed by atoms with Gasteiger partial charge in [-0.15, -0.1) is 0 Å². The first-order chi connectivity index (χ1) is 14.1. The summed E-state index contributed by atoms with van der Waals surface area (Å²) < 4.78 is 5.55. The van der Waals surface area contributed by atoms with E-state index in [1.54, 1.807) is 12.1 Å². The van der Waals surface area contributed by atoms with Crippen LogP contribution in [0, 0.1) is 0 Å². The van der Waals surface area contributed by atoms with Crippen LogP contribution in [0.2, 0.25) is 0 Å². The average molecular weight is 422 g/mol. The smallest absolute Gasteiger partial charge is 0.335 e. The summed E-state index contributed by atoms with van der Waals surface area (Å²) in [5.74, 6) is -2.45. The van der Waals surface area contributed by atoms with Crippen LogP contribution in [0.4, 0.5) is 0 Å². The number of rotatable bonds is 10. The van der Waals surface area contributed by atoms with E-state index >= 15 is 0 Å². The van der Waals surface area contributed by atoms with Gasteiger partial charge in [-0.1, -0.05) is 12.1 Å². The van der Waals surface area contributed by atoms with Crippen LogP contribution >= 0.6 is 0 Å². The average Bonchev–Trinajstić information content (AvgIpc) is 2.71. The second-order valence-corrected chi connectivity index (χ2v) is 6.61. The molecule has 0 fully saturated rings. The summed E-state index contributed by atoms with van der Waals surface area (Å²) in [6.45, 7) is -0.790. The molecule has 0 spiro atoms. The number of carboxylic acid groups (broad SMARTS) is 2. The quantitative estimate of drug-likeness (QED) is 0.272. The molecule has 2 aromatic carbocycles. The Labute approximate surface area is 170 Å². The van der Waals surface area contributed by atoms with Gasteiger partial charge < -0.3 is 40.5 Å². The van der Waals surface area contributed by atoms with E-state index in [0.29, 0.717) is 5.56 Å². The van der Waals surface area contributed by atoms with Gasteiger partial charge in [0.05, 0.1) is 23.8 Å². The Morgan fingerprint density at radius 2 is 1.37 bits per heavy atom. The van der Waals surface area contributed by atoms with E-state index in [1.165, 1.54) is 12.1 Å². The third-order valence-corrected chi connectivity index (χ3v) is 4.30. The zero-order valence-electron chi connectivity index (χ0n) is 15.6. The standard InChI is InChI=1S/C20H22O10/c21-9-16(23)18(25)17(24)15(22)5-10-2-1-3-13(4-10)30-14-7-11(19(26)27)6-12(8-14)20(28)29/h1-4,6-8,15-18,21-25H,5,9H2,(H,26,27)(H,28,29). The minimum Gasteiger partial charge on any atom is -0.478 e. The molecule has 0 saturated heterocycles. The van der Waals surface area contributed by atoms with Gasteiger partial charge in [0, 0.05) is 6.42 Å². The van der Waals surface area contributed by atoms with Gasteiger partial charge in [0.2, 0.25) is 0 Å². The molecule has 0 aliphatic heterocycles. The van der Waals surface area contributed by atoms with Crippen molar-refractivity contribution in [2.24, 2.45) is 0 Å². The Kier molecular flexibility index (Phi) is 7.86. The molecule has 7 N–H and O–H groups in total. The van der Waals surface area contributed by atoms with Crippen molar-refractivity contribution in [2.45, 2.75) is 30.8 Å². The molecule has 0 bridgehead atoms. The molecule has 0 aliphatic carbocycles. The lowest BCUT2D eigenvalue weighted by atomic mass is 9.97. The number of aliphatic hydroxyl groups is 5. The number of carboxylic acids is 2. The lowest BCUT2D eigenvalue weighted by Gasteiger charge is -2.25. The fourth-order valence-electron chi connectivity index (χ4n) is 2.70. The Morgan fingerprint density at radius 1 is 0.800 bits per heavy atom. The fraction of sp³-hybridized carbons (Fsp3) is 0.300. The summed E-state index contributed by atoms with van der Waals surface area (Å²) in [6.07, 6.45) is -6.69. The highest BCUT2D eigenvalue weighted by molar-refractivity contribution is 5.94. The van der Waals surface area contributed by atoms with E-state index in [4.69, 9.17) is 20.1 Å². The lowest BCUT2D eigenvalue weighted by Crippen LogP contribution is -2.46. The molecular weight excluding hydrogens is 400 g/mol. The highest BCUT2D eigenvalue weighted by atomic mass is 16.5. The molecule has 4 atom stereocenters. The summed E-state index contributed by atoms with van der Waals surface area (Å²) >= 11 is 0. The molecule has 162 valence electrons. The molecule has 0 amide bonds. The maximum absolute atomic E-state index is 11.2. The molecule has 0 aliphatic rings. The zero-order chi connectivity index (χ0) is 22.4. The van der Waals surface area contributed by atoms with Gasteiger partial charge in [0.15, 0.2) is 0 Å². The largest absolute Gasteiger partial charge is 0.478 e. The summed E-state index contributed by atoms with van der Waals surface area (Å²) in [4.78, 5) is 22.4. The maximum Gasteiger partial charge on any atom is 0.335 e. The van der Waals surface area contributed by atoms with Crippen molar-refractivity contribution in [2.75, 3.05) is 6.61 Å². The number of hydrogen-bond acceptors (Lipinski definition) is 8. The molecule has 10 nitrogen and oxygen atoms in total. The van der Waals surface area contributed by atoms with E-state index in [2.05, 4.69) is 0 Å². The van der Waals surface area contributed by atoms with Crippen LogP contribution in [-0.4, -0.2) is 78.7 Å². The Morgan fingerprint density at radius 3 is 1.90 bits per heavy atom. The second kappa shape index (κ2) is 10.1. The summed E-state index contributed by atoms with van der Waals surface area (Å²) in [6, 6.07) is 9.45. The van der Waals surface area contributed by atoms with Crippen LogP contribution in [0.1, 0.15) is 26.3 Å². The van der Waals surface area contributed by atoms with Crippen molar-refractivity contribution < 1.29 is 50.1 Å². The minimum absolute atomic E-state index is 0.0217. The SMILES string of the molecule is O=C(O)c1cc(Oc2cccc(CC(O)C(O)C(O)C(O)CO)c2)cc(C(=O)O)c1. The molecule has 2 rings (SSSR count). The highest BCUT2D eigenvalue weighted by Crippen LogP contribution is 2.26. The van der Waals surface area contributed by atoms with E-state index in [1.807, 2.05) is 0 Å². The van der Waals surface area contributed by atoms with E-state index in [-0.39, 0.29) is 29.0 Å². The summed E-state index contributed by atoms with van der Waals surface area (Å²) in [5.41, 5.74) is -0.0651. The molecule has 30 heavy (non-hydrogen) atoms. The number of hydrogen-bond donors (Lipinski definition) is 7. The van der Waals surface area contributed by atoms with E-state index in [9.17, 15) is 30.0 Å². The van der Waals surface area contributed by atoms with Crippen LogP contribution < -0.4 is 4.74 Å². The van der Waals surface area contributed by atoms with Crippen molar-refractivity contribution in [1.29, 1.82) is 0 Å². The molecule has 0 saturated carbocycles. The van der Waals surface area contributed by atoms with Gasteiger partial charge in [-0.05, 0) is 35.9 Å². The normalized spacial score (nSPS) is 15.1. The first-order valence-corrected chi connectivity index (χ1v) is 8.84. The van der Waals surface area contributed by atoms with Crippen LogP contribution in [0.15, 0.2) is 42.5 Å². The molecule has 0 aromatic heterocycles. The second-order valence-electron chi connectivity index (χ2n) is 6.61. The molecule has 4 unspecified atom stereocenters. The lowest BCUT2D eigenvalue weighted by molar-refractivity contribution is -0.114. The first-order valence-electron chi connectivity index (χ1n) is 8.84. The van der Waals surface area contributed by atoms with E-state index in [0.717, 1.165) is 18.2 Å². The highest BCUT2D eigenvalue weighted by Gasteiger charge is 2.30. The predicted molar refractivity (Wildman–Crippen MR) is 102 cm³/mol. The maximum atomic E-state index is 11.2. The molecule has 10 heteroatoms. The van der Waals surface area contributed by atoms with Crippen LogP contribution in [-0.2, 0) is 6.42 Å². The predicted octanol–water partition coefficient (Wildman–Crippen LogP) is -0.146. The Bertz CT molecular complexity index is 865. The summed E-state index contributed by atoms with van der Waals surface area (Å²) in [5, 5.41) is 66.1. The zero-order valence-corrected chi connectivity index (χ0v) is 15.6. The number of aliphatic hydroxyl groups excluding tert-OH is 5. The first kappa shape index (κ1) is 23.3. The number of aromatic carboxylic acids is 2. The van der Waals surface area contributed by atoms with Crippen molar-refractivity contribution >= 4 is 11.9 Å². The van der Waals surface area contributed by atoms with Crippen molar-refractivity contribution in [3.05, 3.63) is 59.2 Å². The van der Waals surface area contributed by atoms with Gasteiger partial charge in [-0.2, -0.15) is 0 Å². The molecule has 0 heterocycles. The van der Waals surface area contributed by atoms with Crippen molar-refractivity contribution in [3.8, 4) is 11.5 Å². The van der Waals surface area contributed by atoms with Crippen molar-refractivity contribution in [3.63, 3.8) is 0 Å². The molecule has 2 aromatic rings. The minimum atomic E-state index is -1.75. The van der Waals surface area contributed by atoms with Gasteiger partial charge in [-0.3, -0.25) is 0 Å². The Hall–Kier alpha value is -3.02. The van der Waals surface area contributed by atoms with Crippen LogP contribution in [0.5, 0.6) is 11.5 Å². The topological polar surface area (TPSA) is 185 Å². The van der Waals surface area contributed by atoms with Crippen LogP contribution in [0.25, 0.3) is 0 Å². The van der Waals surface area contributed by atoms with Gasteiger partial charge in [0.1, 0.15) is 29.8 Å². The fourth-order valence-corrected chi connectivity index (χ4v) is 2.70.